The third kappa shape index (κ3) is 26.5. The lowest BCUT2D eigenvalue weighted by atomic mass is 9.97. The summed E-state index contributed by atoms with van der Waals surface area (Å²) >= 11 is 0. The third-order valence-electron chi connectivity index (χ3n) is 15.5. The molecule has 8 amide bonds. The maximum absolute atomic E-state index is 14.0. The Morgan fingerprint density at radius 2 is 0.837 bits per heavy atom. The highest BCUT2D eigenvalue weighted by Gasteiger charge is 2.48. The van der Waals surface area contributed by atoms with Crippen molar-refractivity contribution < 1.29 is 118 Å². The van der Waals surface area contributed by atoms with Crippen LogP contribution < -0.4 is 47.9 Å². The minimum absolute atomic E-state index is 0.0125. The molecule has 33 heteroatoms. The Labute approximate surface area is 534 Å². The highest BCUT2D eigenvalue weighted by Crippen LogP contribution is 2.26. The number of aliphatic hydroxyl groups is 9. The summed E-state index contributed by atoms with van der Waals surface area (Å²) in [7, 11) is 0. The number of nitrogens with one attached hydrogen (secondary N) is 9. The Morgan fingerprint density at radius 3 is 1.24 bits per heavy atom. The molecule has 0 radical (unpaired) electrons. The highest BCUT2D eigenvalue weighted by molar-refractivity contribution is 5.91. The number of unbranched alkanes of at least 4 members (excludes halogenated alkanes) is 5. The predicted molar refractivity (Wildman–Crippen MR) is 322 cm³/mol. The van der Waals surface area contributed by atoms with Crippen LogP contribution in [0.1, 0.15) is 110 Å². The molecule has 524 valence electrons. The lowest BCUT2D eigenvalue weighted by Gasteiger charge is -2.42. The fourth-order valence-corrected chi connectivity index (χ4v) is 10.5. The Morgan fingerprint density at radius 1 is 0.467 bits per heavy atom. The van der Waals surface area contributed by atoms with Crippen LogP contribution in [-0.2, 0) is 73.2 Å². The molecule has 1 aromatic rings. The van der Waals surface area contributed by atoms with Gasteiger partial charge < -0.3 is 127 Å². The van der Waals surface area contributed by atoms with E-state index >= 15 is 0 Å². The zero-order valence-electron chi connectivity index (χ0n) is 52.7. The molecule has 0 saturated carbocycles. The Balaban J connectivity index is 1.38. The Kier molecular flexibility index (Phi) is 35.7. The molecule has 0 spiro atoms. The van der Waals surface area contributed by atoms with Gasteiger partial charge in [0.05, 0.1) is 25.9 Å². The van der Waals surface area contributed by atoms with Crippen LogP contribution in [0.3, 0.4) is 0 Å². The third-order valence-corrected chi connectivity index (χ3v) is 15.5. The average molecular weight is 1320 g/mol. The number of benzene rings is 1. The second-order valence-corrected chi connectivity index (χ2v) is 22.9. The number of phenols is 1. The molecule has 0 bridgehead atoms. The first-order valence-electron chi connectivity index (χ1n) is 31.4. The number of phenolic OH excluding ortho intramolecular Hbond substituents is 1. The molecule has 3 saturated heterocycles. The van der Waals surface area contributed by atoms with Gasteiger partial charge in [0.15, 0.2) is 18.9 Å². The molecule has 4 rings (SSSR count). The van der Waals surface area contributed by atoms with E-state index in [0.717, 1.165) is 0 Å². The van der Waals surface area contributed by atoms with Crippen LogP contribution >= 0.6 is 0 Å². The Bertz CT molecular complexity index is 2420. The highest BCUT2D eigenvalue weighted by atomic mass is 16.7. The zero-order chi connectivity index (χ0) is 67.9. The van der Waals surface area contributed by atoms with Crippen LogP contribution in [0.5, 0.6) is 5.75 Å². The van der Waals surface area contributed by atoms with Gasteiger partial charge >= 0.3 is 0 Å². The van der Waals surface area contributed by atoms with Crippen LogP contribution in [0.15, 0.2) is 24.3 Å². The van der Waals surface area contributed by atoms with Gasteiger partial charge in [0, 0.05) is 73.1 Å². The van der Waals surface area contributed by atoms with Crippen molar-refractivity contribution in [3.8, 4) is 5.75 Å². The number of ether oxygens (including phenoxy) is 6. The summed E-state index contributed by atoms with van der Waals surface area (Å²) in [5, 5.41) is 126. The maximum Gasteiger partial charge on any atom is 0.242 e. The quantitative estimate of drug-likeness (QED) is 0.0271. The van der Waals surface area contributed by atoms with Gasteiger partial charge in [-0.25, -0.2) is 0 Å². The molecule has 1 aromatic carbocycles. The first-order chi connectivity index (χ1) is 43.9. The molecule has 3 aliphatic heterocycles. The zero-order valence-corrected chi connectivity index (χ0v) is 52.7. The normalized spacial score (nSPS) is 27.3. The smallest absolute Gasteiger partial charge is 0.242 e. The van der Waals surface area contributed by atoms with E-state index in [4.69, 9.17) is 28.4 Å². The number of rotatable bonds is 41. The monoisotopic (exact) mass is 1320 g/mol. The molecule has 3 fully saturated rings. The molecule has 18 unspecified atom stereocenters. The summed E-state index contributed by atoms with van der Waals surface area (Å²) in [6, 6.07) is -0.645. The van der Waals surface area contributed by atoms with E-state index < -0.39 is 184 Å². The fraction of sp³-hybridized carbons (Fsp3) is 0.763. The van der Waals surface area contributed by atoms with E-state index in [2.05, 4.69) is 47.9 Å². The van der Waals surface area contributed by atoms with Gasteiger partial charge in [-0.2, -0.15) is 0 Å². The lowest BCUT2D eigenvalue weighted by molar-refractivity contribution is -0.270. The van der Waals surface area contributed by atoms with Crippen molar-refractivity contribution in [3.05, 3.63) is 29.8 Å². The van der Waals surface area contributed by atoms with E-state index in [0.29, 0.717) is 63.5 Å². The molecule has 19 N–H and O–H groups in total. The molecule has 92 heavy (non-hydrogen) atoms. The molecular weight excluding hydrogens is 1220 g/mol. The van der Waals surface area contributed by atoms with Crippen molar-refractivity contribution in [2.24, 2.45) is 0 Å². The number of aromatic hydroxyl groups is 1. The number of carbonyl (C=O) groups is 8. The van der Waals surface area contributed by atoms with Gasteiger partial charge in [-0.15, -0.1) is 0 Å². The molecule has 0 aromatic heterocycles. The molecule has 0 aliphatic carbocycles. The average Bonchev–Trinajstić information content (AvgIpc) is 0.865. The molecular formula is C59H99N9O24. The van der Waals surface area contributed by atoms with E-state index in [-0.39, 0.29) is 70.9 Å². The number of hydrogen-bond acceptors (Lipinski definition) is 25. The number of aliphatic hydroxyl groups excluding tert-OH is 9. The summed E-state index contributed by atoms with van der Waals surface area (Å²) in [5.74, 6) is -4.58. The summed E-state index contributed by atoms with van der Waals surface area (Å²) in [5.41, 5.74) is 0.691. The number of likely N-dealkylation sites (N-methyl/N-ethyl adjacent to an activating group) is 1. The number of carbonyl (C=O) groups excluding carboxylic acids is 8. The fourth-order valence-electron chi connectivity index (χ4n) is 10.5. The number of hydrogen-bond donors (Lipinski definition) is 19. The van der Waals surface area contributed by atoms with Gasteiger partial charge in [0.25, 0.3) is 0 Å². The van der Waals surface area contributed by atoms with Gasteiger partial charge in [-0.05, 0) is 82.0 Å². The molecule has 3 heterocycles. The maximum atomic E-state index is 14.0. The summed E-state index contributed by atoms with van der Waals surface area (Å²) in [6.45, 7) is 4.37. The minimum Gasteiger partial charge on any atom is -0.508 e. The summed E-state index contributed by atoms with van der Waals surface area (Å²) < 4.78 is 34.1. The van der Waals surface area contributed by atoms with Gasteiger partial charge in [0.1, 0.15) is 90.9 Å². The topological polar surface area (TPSA) is 503 Å². The SMILES string of the molecule is CCNC(Cc1ccc(O)cc1)C(=O)NC(CCC(=O)NC(CCC(=O)NCCCCCCOC1OC(CO)C(O)C(O)C1NC(C)=O)C(=O)NCCCCOC1OC(CO)C(O)C(O)C1NC(C)=O)C(=O)NCCCCOC1OC(CO)C(O)C(O)C1NC(C)=O. The van der Waals surface area contributed by atoms with Gasteiger partial charge in [-0.1, -0.05) is 31.9 Å². The molecule has 3 aliphatic rings. The van der Waals surface area contributed by atoms with Crippen LogP contribution in [0.4, 0.5) is 0 Å². The van der Waals surface area contributed by atoms with Crippen molar-refractivity contribution >= 4 is 47.3 Å². The predicted octanol–water partition coefficient (Wildman–Crippen LogP) is -6.21. The summed E-state index contributed by atoms with van der Waals surface area (Å²) in [6.07, 6.45) is -13.5. The second-order valence-electron chi connectivity index (χ2n) is 22.9. The lowest BCUT2D eigenvalue weighted by Crippen LogP contribution is -2.64. The van der Waals surface area contributed by atoms with Crippen molar-refractivity contribution in [1.82, 2.24) is 47.9 Å². The van der Waals surface area contributed by atoms with E-state index in [1.165, 1.54) is 32.9 Å². The van der Waals surface area contributed by atoms with Crippen LogP contribution in [0, 0.1) is 0 Å². The molecule has 33 nitrogen and oxygen atoms in total. The minimum atomic E-state index is -1.52. The van der Waals surface area contributed by atoms with Crippen molar-refractivity contribution in [1.29, 1.82) is 0 Å². The van der Waals surface area contributed by atoms with Crippen LogP contribution in [0.25, 0.3) is 0 Å². The van der Waals surface area contributed by atoms with Crippen molar-refractivity contribution in [2.75, 3.05) is 65.8 Å². The Hall–Kier alpha value is -5.86. The number of amides is 8. The van der Waals surface area contributed by atoms with E-state index in [1.54, 1.807) is 19.1 Å². The first-order valence-corrected chi connectivity index (χ1v) is 31.4. The van der Waals surface area contributed by atoms with Crippen molar-refractivity contribution in [3.63, 3.8) is 0 Å². The standard InChI is InChI=1S/C59H99N9O24/c1-5-60-39(28-35-14-16-36(75)17-15-35)56(86)68-38(55(85)63-24-10-13-27-89-59-47(66-34(4)74)53(83)50(80)42(31-71)92-59)19-21-44(77)67-37(54(84)62-23-9-12-26-88-58-46(65-33(3)73)52(82)49(79)41(30-70)91-58)18-20-43(76)61-22-8-6-7-11-25-87-57-45(64-32(2)72)51(81)48(78)40(29-69)90-57/h14-17,37-42,45-53,57-60,69-71,75,78-83H,5-13,18-31H2,1-4H3,(H,61,76)(H,62,84)(H,63,85)(H,64,72)(H,65,73)(H,66,74)(H,67,77)(H,68,86). The summed E-state index contributed by atoms with van der Waals surface area (Å²) in [4.78, 5) is 104. The van der Waals surface area contributed by atoms with E-state index in [9.17, 15) is 89.4 Å². The second kappa shape index (κ2) is 41.8. The largest absolute Gasteiger partial charge is 0.508 e. The van der Waals surface area contributed by atoms with Gasteiger partial charge in [-0.3, -0.25) is 38.4 Å². The van der Waals surface area contributed by atoms with Gasteiger partial charge in [0.2, 0.25) is 47.3 Å². The van der Waals surface area contributed by atoms with E-state index in [1.807, 2.05) is 0 Å². The van der Waals surface area contributed by atoms with Crippen LogP contribution in [-0.4, -0.2) is 274 Å². The molecule has 18 atom stereocenters. The van der Waals surface area contributed by atoms with Crippen molar-refractivity contribution in [2.45, 2.75) is 221 Å². The first kappa shape index (κ1) is 78.6. The van der Waals surface area contributed by atoms with Crippen LogP contribution in [0.2, 0.25) is 0 Å².